The summed E-state index contributed by atoms with van der Waals surface area (Å²) in [5.41, 5.74) is -0.626. The van der Waals surface area contributed by atoms with Crippen molar-refractivity contribution in [2.75, 3.05) is 34.3 Å². The van der Waals surface area contributed by atoms with Crippen LogP contribution in [0.5, 0.6) is 0 Å². The van der Waals surface area contributed by atoms with E-state index in [1.54, 1.807) is 0 Å². The summed E-state index contributed by atoms with van der Waals surface area (Å²) in [5.74, 6) is -0.175. The highest BCUT2D eigenvalue weighted by Crippen LogP contribution is 2.23. The van der Waals surface area contributed by atoms with Gasteiger partial charge in [-0.25, -0.2) is 0 Å². The van der Waals surface area contributed by atoms with Crippen LogP contribution in [0.3, 0.4) is 0 Å². The first-order valence-corrected chi connectivity index (χ1v) is 7.96. The molecule has 1 N–H and O–H groups in total. The number of likely N-dealkylation sites (N-methyl/N-ethyl adjacent to an activating group) is 1. The summed E-state index contributed by atoms with van der Waals surface area (Å²) in [6, 6.07) is 1.22. The van der Waals surface area contributed by atoms with Gasteiger partial charge in [0.2, 0.25) is 0 Å². The Balaban J connectivity index is 2.68. The zero-order valence-corrected chi connectivity index (χ0v) is 14.8. The molecule has 0 aromatic heterocycles. The zero-order valence-electron chi connectivity index (χ0n) is 14.8. The van der Waals surface area contributed by atoms with E-state index in [1.807, 2.05) is 6.92 Å². The predicted molar refractivity (Wildman–Crippen MR) is 86.4 cm³/mol. The van der Waals surface area contributed by atoms with Crippen LogP contribution in [0.25, 0.3) is 0 Å². The van der Waals surface area contributed by atoms with Gasteiger partial charge in [0.15, 0.2) is 0 Å². The number of methoxy groups -OCH3 is 1. The fraction of sp³-hybridized carbons (Fsp3) is 0.938. The molecule has 1 rings (SSSR count). The Morgan fingerprint density at radius 1 is 1.43 bits per heavy atom. The van der Waals surface area contributed by atoms with Gasteiger partial charge >= 0.3 is 5.97 Å². The number of ether oxygens (including phenoxy) is 1. The van der Waals surface area contributed by atoms with Crippen LogP contribution in [0.4, 0.5) is 0 Å². The third kappa shape index (κ3) is 4.94. The number of carbonyl (C=O) groups excluding carboxylic acids is 1. The highest BCUT2D eigenvalue weighted by Gasteiger charge is 2.38. The van der Waals surface area contributed by atoms with Crippen molar-refractivity contribution in [2.45, 2.75) is 64.2 Å². The second-order valence-corrected chi connectivity index (χ2v) is 7.08. The van der Waals surface area contributed by atoms with E-state index >= 15 is 0 Å². The standard InChI is InChI=1S/C16H33N3O2/c1-12(2)17-16(4,15(20)21-7)10-13(3)19-9-8-14(11-19)18(5)6/h12-14,17H,8-11H2,1-7H3. The van der Waals surface area contributed by atoms with E-state index in [2.05, 4.69) is 50.0 Å². The number of nitrogens with zero attached hydrogens (tertiary/aromatic N) is 2. The number of rotatable bonds is 7. The molecule has 1 fully saturated rings. The maximum Gasteiger partial charge on any atom is 0.325 e. The molecule has 5 nitrogen and oxygen atoms in total. The summed E-state index contributed by atoms with van der Waals surface area (Å²) in [6.07, 6.45) is 1.96. The molecule has 0 spiro atoms. The zero-order chi connectivity index (χ0) is 16.2. The molecule has 3 atom stereocenters. The Bertz CT molecular complexity index is 346. The maximum atomic E-state index is 12.2. The van der Waals surface area contributed by atoms with Gasteiger partial charge < -0.3 is 9.64 Å². The van der Waals surface area contributed by atoms with Crippen LogP contribution in [0.2, 0.25) is 0 Å². The quantitative estimate of drug-likeness (QED) is 0.719. The molecule has 1 heterocycles. The molecular weight excluding hydrogens is 266 g/mol. The average molecular weight is 299 g/mol. The molecular formula is C16H33N3O2. The number of nitrogens with one attached hydrogen (secondary N) is 1. The molecule has 0 saturated carbocycles. The number of esters is 1. The van der Waals surface area contributed by atoms with Gasteiger partial charge in [-0.15, -0.1) is 0 Å². The minimum atomic E-state index is -0.626. The first-order chi connectivity index (χ1) is 9.69. The minimum Gasteiger partial charge on any atom is -0.468 e. The molecule has 0 radical (unpaired) electrons. The molecule has 0 aliphatic carbocycles. The Hall–Kier alpha value is -0.650. The second kappa shape index (κ2) is 7.56. The highest BCUT2D eigenvalue weighted by molar-refractivity contribution is 5.80. The fourth-order valence-electron chi connectivity index (χ4n) is 3.37. The molecule has 0 aromatic rings. The number of likely N-dealkylation sites (tertiary alicyclic amines) is 1. The third-order valence-electron chi connectivity index (χ3n) is 4.50. The summed E-state index contributed by atoms with van der Waals surface area (Å²) >= 11 is 0. The van der Waals surface area contributed by atoms with E-state index in [0.29, 0.717) is 12.1 Å². The van der Waals surface area contributed by atoms with Gasteiger partial charge in [-0.2, -0.15) is 0 Å². The second-order valence-electron chi connectivity index (χ2n) is 7.08. The Morgan fingerprint density at radius 2 is 2.05 bits per heavy atom. The first-order valence-electron chi connectivity index (χ1n) is 7.96. The van der Waals surface area contributed by atoms with Crippen LogP contribution in [0.1, 0.15) is 40.5 Å². The number of hydrogen-bond acceptors (Lipinski definition) is 5. The van der Waals surface area contributed by atoms with Crippen molar-refractivity contribution >= 4 is 5.97 Å². The van der Waals surface area contributed by atoms with Gasteiger partial charge in [0, 0.05) is 31.2 Å². The van der Waals surface area contributed by atoms with Crippen molar-refractivity contribution in [3.63, 3.8) is 0 Å². The van der Waals surface area contributed by atoms with E-state index < -0.39 is 5.54 Å². The molecule has 1 aliphatic rings. The lowest BCUT2D eigenvalue weighted by Crippen LogP contribution is -2.56. The summed E-state index contributed by atoms with van der Waals surface area (Å²) in [4.78, 5) is 17.0. The van der Waals surface area contributed by atoms with E-state index in [-0.39, 0.29) is 12.0 Å². The normalized spacial score (nSPS) is 24.3. The number of hydrogen-bond donors (Lipinski definition) is 1. The lowest BCUT2D eigenvalue weighted by Gasteiger charge is -2.35. The van der Waals surface area contributed by atoms with Crippen LogP contribution in [0, 0.1) is 0 Å². The average Bonchev–Trinajstić information content (AvgIpc) is 2.86. The van der Waals surface area contributed by atoms with Gasteiger partial charge in [-0.1, -0.05) is 0 Å². The van der Waals surface area contributed by atoms with Gasteiger partial charge in [0.1, 0.15) is 5.54 Å². The van der Waals surface area contributed by atoms with Crippen molar-refractivity contribution < 1.29 is 9.53 Å². The van der Waals surface area contributed by atoms with Crippen LogP contribution < -0.4 is 5.32 Å². The van der Waals surface area contributed by atoms with Gasteiger partial charge in [-0.05, 0) is 54.6 Å². The molecule has 0 bridgehead atoms. The van der Waals surface area contributed by atoms with E-state index in [0.717, 1.165) is 19.5 Å². The largest absolute Gasteiger partial charge is 0.468 e. The summed E-state index contributed by atoms with van der Waals surface area (Å²) in [6.45, 7) is 10.5. The molecule has 0 amide bonds. The first kappa shape index (κ1) is 18.4. The van der Waals surface area contributed by atoms with Crippen LogP contribution in [-0.4, -0.2) is 73.7 Å². The van der Waals surface area contributed by atoms with Crippen molar-refractivity contribution in [1.29, 1.82) is 0 Å². The van der Waals surface area contributed by atoms with Crippen molar-refractivity contribution in [3.8, 4) is 0 Å². The van der Waals surface area contributed by atoms with E-state index in [9.17, 15) is 4.79 Å². The van der Waals surface area contributed by atoms with E-state index in [4.69, 9.17) is 4.74 Å². The highest BCUT2D eigenvalue weighted by atomic mass is 16.5. The Kier molecular flexibility index (Phi) is 6.63. The fourth-order valence-corrected chi connectivity index (χ4v) is 3.37. The molecule has 1 saturated heterocycles. The van der Waals surface area contributed by atoms with Crippen LogP contribution in [-0.2, 0) is 9.53 Å². The lowest BCUT2D eigenvalue weighted by atomic mass is 9.92. The van der Waals surface area contributed by atoms with Gasteiger partial charge in [0.05, 0.1) is 7.11 Å². The predicted octanol–water partition coefficient (Wildman–Crippen LogP) is 1.33. The number of carbonyl (C=O) groups is 1. The minimum absolute atomic E-state index is 0.175. The van der Waals surface area contributed by atoms with Crippen molar-refractivity contribution in [1.82, 2.24) is 15.1 Å². The van der Waals surface area contributed by atoms with Crippen LogP contribution in [0.15, 0.2) is 0 Å². The summed E-state index contributed by atoms with van der Waals surface area (Å²) < 4.78 is 5.01. The van der Waals surface area contributed by atoms with E-state index in [1.165, 1.54) is 13.5 Å². The lowest BCUT2D eigenvalue weighted by molar-refractivity contribution is -0.149. The molecule has 1 aliphatic heterocycles. The Morgan fingerprint density at radius 3 is 2.48 bits per heavy atom. The van der Waals surface area contributed by atoms with Crippen LogP contribution >= 0.6 is 0 Å². The smallest absolute Gasteiger partial charge is 0.325 e. The SMILES string of the molecule is COC(=O)C(C)(CC(C)N1CCC(N(C)C)C1)NC(C)C. The molecule has 3 unspecified atom stereocenters. The van der Waals surface area contributed by atoms with Gasteiger partial charge in [-0.3, -0.25) is 15.0 Å². The monoisotopic (exact) mass is 299 g/mol. The topological polar surface area (TPSA) is 44.8 Å². The summed E-state index contributed by atoms with van der Waals surface area (Å²) in [5, 5.41) is 3.38. The molecule has 21 heavy (non-hydrogen) atoms. The molecule has 124 valence electrons. The third-order valence-corrected chi connectivity index (χ3v) is 4.50. The van der Waals surface area contributed by atoms with Crippen molar-refractivity contribution in [2.24, 2.45) is 0 Å². The maximum absolute atomic E-state index is 12.2. The summed E-state index contributed by atoms with van der Waals surface area (Å²) in [7, 11) is 5.74. The molecule has 5 heteroatoms. The molecule has 0 aromatic carbocycles. The van der Waals surface area contributed by atoms with Crippen molar-refractivity contribution in [3.05, 3.63) is 0 Å². The van der Waals surface area contributed by atoms with Gasteiger partial charge in [0.25, 0.3) is 0 Å². The Labute approximate surface area is 130 Å².